The van der Waals surface area contributed by atoms with Gasteiger partial charge in [0, 0.05) is 50.5 Å². The molecule has 8 rings (SSSR count). The van der Waals surface area contributed by atoms with Crippen molar-refractivity contribution in [2.24, 2.45) is 0 Å². The lowest BCUT2D eigenvalue weighted by molar-refractivity contribution is 0.643. The van der Waals surface area contributed by atoms with Gasteiger partial charge in [0.1, 0.15) is 0 Å². The molecule has 0 radical (unpaired) electrons. The second-order valence-corrected chi connectivity index (χ2v) is 12.0. The number of fused-ring (bicyclic) bond motifs is 5. The van der Waals surface area contributed by atoms with E-state index in [1.165, 1.54) is 49.5 Å². The average molecular weight is 568 g/mol. The highest BCUT2D eigenvalue weighted by Gasteiger charge is 2.25. The summed E-state index contributed by atoms with van der Waals surface area (Å²) < 4.78 is 4.68. The van der Waals surface area contributed by atoms with Crippen molar-refractivity contribution < 1.29 is 0 Å². The van der Waals surface area contributed by atoms with Gasteiger partial charge in [-0.3, -0.25) is 0 Å². The summed E-state index contributed by atoms with van der Waals surface area (Å²) in [6.07, 6.45) is 2.18. The van der Waals surface area contributed by atoms with E-state index >= 15 is 0 Å². The largest absolute Gasteiger partial charge is 0.355 e. The van der Waals surface area contributed by atoms with Crippen molar-refractivity contribution in [2.45, 2.75) is 19.3 Å². The third kappa shape index (κ3) is 4.20. The molecule has 0 fully saturated rings. The van der Waals surface area contributed by atoms with E-state index in [-0.39, 0.29) is 5.41 Å². The first-order valence-corrected chi connectivity index (χ1v) is 15.2. The molecule has 3 heteroatoms. The minimum absolute atomic E-state index is 0.156. The number of para-hydroxylation sites is 3. The standard InChI is InChI=1S/C41H33N3/c1-41(2,29-14-5-3-6-15-29)35-21-10-11-22-36(35)42-30-16-13-19-32(28-30)44-38-23-12-9-20-33(38)40-34-26-27-43(31-17-7-4-8-18-31)37(34)24-25-39(40)44/h3-28,42H,1-2H3. The lowest BCUT2D eigenvalue weighted by Gasteiger charge is -2.29. The molecular weight excluding hydrogens is 534 g/mol. The Morgan fingerprint density at radius 3 is 2.02 bits per heavy atom. The summed E-state index contributed by atoms with van der Waals surface area (Å²) in [6.45, 7) is 4.59. The number of hydrogen-bond acceptors (Lipinski definition) is 1. The highest BCUT2D eigenvalue weighted by molar-refractivity contribution is 6.21. The van der Waals surface area contributed by atoms with Gasteiger partial charge < -0.3 is 14.5 Å². The van der Waals surface area contributed by atoms with Crippen molar-refractivity contribution >= 4 is 44.1 Å². The molecule has 0 bridgehead atoms. The van der Waals surface area contributed by atoms with Crippen LogP contribution in [0.2, 0.25) is 0 Å². The normalized spacial score (nSPS) is 11.9. The van der Waals surface area contributed by atoms with Crippen LogP contribution >= 0.6 is 0 Å². The Morgan fingerprint density at radius 1 is 0.523 bits per heavy atom. The second kappa shape index (κ2) is 10.3. The smallest absolute Gasteiger partial charge is 0.0548 e. The lowest BCUT2D eigenvalue weighted by atomic mass is 9.77. The topological polar surface area (TPSA) is 21.9 Å². The lowest BCUT2D eigenvalue weighted by Crippen LogP contribution is -2.20. The molecule has 0 aliphatic heterocycles. The Kier molecular flexibility index (Phi) is 6.13. The van der Waals surface area contributed by atoms with E-state index in [0.717, 1.165) is 17.1 Å². The van der Waals surface area contributed by atoms with Gasteiger partial charge in [0.05, 0.1) is 16.6 Å². The quantitative estimate of drug-likeness (QED) is 0.212. The van der Waals surface area contributed by atoms with Gasteiger partial charge in [-0.25, -0.2) is 0 Å². The zero-order chi connectivity index (χ0) is 29.7. The van der Waals surface area contributed by atoms with Crippen molar-refractivity contribution in [2.75, 3.05) is 5.32 Å². The minimum Gasteiger partial charge on any atom is -0.355 e. The SMILES string of the molecule is CC(C)(c1ccccc1)c1ccccc1Nc1cccc(-n2c3ccccc3c3c4ccn(-c5ccccc5)c4ccc32)c1. The third-order valence-corrected chi connectivity index (χ3v) is 9.02. The van der Waals surface area contributed by atoms with Crippen LogP contribution in [0.5, 0.6) is 0 Å². The molecule has 0 amide bonds. The fraction of sp³-hybridized carbons (Fsp3) is 0.0732. The van der Waals surface area contributed by atoms with Gasteiger partial charge in [0.25, 0.3) is 0 Å². The Morgan fingerprint density at radius 2 is 1.18 bits per heavy atom. The first kappa shape index (κ1) is 26.1. The van der Waals surface area contributed by atoms with Gasteiger partial charge in [-0.05, 0) is 71.8 Å². The molecule has 0 unspecified atom stereocenters. The molecule has 212 valence electrons. The number of rotatable bonds is 6. The van der Waals surface area contributed by atoms with Crippen LogP contribution in [-0.2, 0) is 5.41 Å². The van der Waals surface area contributed by atoms with Gasteiger partial charge in [0.2, 0.25) is 0 Å². The molecule has 0 saturated heterocycles. The number of aromatic nitrogens is 2. The van der Waals surface area contributed by atoms with Crippen LogP contribution in [0.15, 0.2) is 158 Å². The van der Waals surface area contributed by atoms with E-state index in [9.17, 15) is 0 Å². The van der Waals surface area contributed by atoms with Gasteiger partial charge in [0.15, 0.2) is 0 Å². The summed E-state index contributed by atoms with van der Waals surface area (Å²) in [4.78, 5) is 0. The molecule has 2 aromatic heterocycles. The molecule has 0 aliphatic carbocycles. The summed E-state index contributed by atoms with van der Waals surface area (Å²) in [5, 5.41) is 7.57. The second-order valence-electron chi connectivity index (χ2n) is 12.0. The van der Waals surface area contributed by atoms with Crippen LogP contribution in [0, 0.1) is 0 Å². The molecule has 0 aliphatic rings. The van der Waals surface area contributed by atoms with Crippen molar-refractivity contribution in [3.63, 3.8) is 0 Å². The van der Waals surface area contributed by atoms with E-state index < -0.39 is 0 Å². The van der Waals surface area contributed by atoms with E-state index in [2.05, 4.69) is 186 Å². The summed E-state index contributed by atoms with van der Waals surface area (Å²) in [7, 11) is 0. The van der Waals surface area contributed by atoms with Crippen LogP contribution in [0.3, 0.4) is 0 Å². The molecule has 0 saturated carbocycles. The molecular formula is C41H33N3. The van der Waals surface area contributed by atoms with E-state index in [1.54, 1.807) is 0 Å². The molecule has 0 atom stereocenters. The number of nitrogens with one attached hydrogen (secondary N) is 1. The summed E-state index contributed by atoms with van der Waals surface area (Å²) in [6, 6.07) is 54.3. The molecule has 44 heavy (non-hydrogen) atoms. The monoisotopic (exact) mass is 567 g/mol. The molecule has 2 heterocycles. The van der Waals surface area contributed by atoms with Crippen molar-refractivity contribution in [3.8, 4) is 11.4 Å². The van der Waals surface area contributed by atoms with E-state index in [1.807, 2.05) is 0 Å². The maximum atomic E-state index is 3.78. The predicted octanol–water partition coefficient (Wildman–Crippen LogP) is 10.8. The summed E-state index contributed by atoms with van der Waals surface area (Å²) >= 11 is 0. The summed E-state index contributed by atoms with van der Waals surface area (Å²) in [5.41, 5.74) is 10.5. The highest BCUT2D eigenvalue weighted by Crippen LogP contribution is 2.40. The van der Waals surface area contributed by atoms with Gasteiger partial charge in [-0.1, -0.05) is 105 Å². The Bertz CT molecular complexity index is 2270. The van der Waals surface area contributed by atoms with Gasteiger partial charge in [-0.2, -0.15) is 0 Å². The Balaban J connectivity index is 1.25. The fourth-order valence-electron chi connectivity index (χ4n) is 6.80. The third-order valence-electron chi connectivity index (χ3n) is 9.02. The molecule has 8 aromatic rings. The van der Waals surface area contributed by atoms with Crippen molar-refractivity contribution in [1.82, 2.24) is 9.13 Å². The number of hydrogen-bond donors (Lipinski definition) is 1. The minimum atomic E-state index is -0.156. The first-order valence-electron chi connectivity index (χ1n) is 15.2. The maximum absolute atomic E-state index is 3.78. The average Bonchev–Trinajstić information content (AvgIpc) is 3.65. The van der Waals surface area contributed by atoms with Gasteiger partial charge >= 0.3 is 0 Å². The fourth-order valence-corrected chi connectivity index (χ4v) is 6.80. The Labute approximate surface area is 257 Å². The molecule has 1 N–H and O–H groups in total. The molecule has 0 spiro atoms. The number of anilines is 2. The number of nitrogens with zero attached hydrogens (tertiary/aromatic N) is 2. The van der Waals surface area contributed by atoms with Gasteiger partial charge in [-0.15, -0.1) is 0 Å². The van der Waals surface area contributed by atoms with Crippen LogP contribution in [0.25, 0.3) is 44.1 Å². The van der Waals surface area contributed by atoms with Crippen LogP contribution in [0.1, 0.15) is 25.0 Å². The predicted molar refractivity (Wildman–Crippen MR) is 186 cm³/mol. The number of benzene rings is 6. The van der Waals surface area contributed by atoms with Crippen molar-refractivity contribution in [1.29, 1.82) is 0 Å². The maximum Gasteiger partial charge on any atom is 0.0548 e. The van der Waals surface area contributed by atoms with Crippen LogP contribution in [-0.4, -0.2) is 9.13 Å². The molecule has 3 nitrogen and oxygen atoms in total. The summed E-state index contributed by atoms with van der Waals surface area (Å²) in [5.74, 6) is 0. The van der Waals surface area contributed by atoms with Crippen LogP contribution < -0.4 is 5.32 Å². The highest BCUT2D eigenvalue weighted by atomic mass is 15.0. The zero-order valence-corrected chi connectivity index (χ0v) is 24.9. The Hall–Kier alpha value is -5.54. The van der Waals surface area contributed by atoms with Crippen molar-refractivity contribution in [3.05, 3.63) is 169 Å². The molecule has 6 aromatic carbocycles. The van der Waals surface area contributed by atoms with E-state index in [0.29, 0.717) is 0 Å². The van der Waals surface area contributed by atoms with E-state index in [4.69, 9.17) is 0 Å². The van der Waals surface area contributed by atoms with Crippen LogP contribution in [0.4, 0.5) is 11.4 Å². The zero-order valence-electron chi connectivity index (χ0n) is 24.9. The first-order chi connectivity index (χ1) is 21.6.